The molecule has 0 aromatic carbocycles. The van der Waals surface area contributed by atoms with Crippen LogP contribution in [0.1, 0.15) is 36.2 Å². The third-order valence-corrected chi connectivity index (χ3v) is 4.23. The van der Waals surface area contributed by atoms with Crippen LogP contribution < -0.4 is 26.8 Å². The van der Waals surface area contributed by atoms with Crippen LogP contribution in [0.15, 0.2) is 18.6 Å². The molecule has 0 aliphatic heterocycles. The standard InChI is InChI=1S/C16H22N8O2/c1-26-16-20-6-9(7-21-16)22-15-13(14(18)25)19-8-12(24-15)23-11-5-3-2-4-10(11)17/h6-8,10-11H,2-5,17H2,1H3,(H2,18,25)(H2,22,23,24)/t10-,11+/m0/s1. The second kappa shape index (κ2) is 7.91. The monoisotopic (exact) mass is 358 g/mol. The number of rotatable bonds is 6. The van der Waals surface area contributed by atoms with Crippen molar-refractivity contribution in [3.63, 3.8) is 0 Å². The van der Waals surface area contributed by atoms with E-state index in [1.807, 2.05) is 0 Å². The zero-order chi connectivity index (χ0) is 18.5. The van der Waals surface area contributed by atoms with Crippen LogP contribution in [0, 0.1) is 0 Å². The number of hydrogen-bond donors (Lipinski definition) is 4. The molecule has 1 aliphatic rings. The minimum atomic E-state index is -0.685. The van der Waals surface area contributed by atoms with Crippen molar-refractivity contribution in [3.05, 3.63) is 24.3 Å². The Kier molecular flexibility index (Phi) is 5.42. The van der Waals surface area contributed by atoms with Crippen LogP contribution in [0.25, 0.3) is 0 Å². The van der Waals surface area contributed by atoms with Crippen LogP contribution in [0.4, 0.5) is 17.3 Å². The number of ether oxygens (including phenoxy) is 1. The van der Waals surface area contributed by atoms with Gasteiger partial charge in [-0.2, -0.15) is 0 Å². The molecule has 0 saturated heterocycles. The predicted octanol–water partition coefficient (Wildman–Crippen LogP) is 0.800. The van der Waals surface area contributed by atoms with Crippen LogP contribution >= 0.6 is 0 Å². The Bertz CT molecular complexity index is 767. The molecule has 1 aliphatic carbocycles. The van der Waals surface area contributed by atoms with Crippen molar-refractivity contribution < 1.29 is 9.53 Å². The van der Waals surface area contributed by atoms with Gasteiger partial charge in [0.25, 0.3) is 5.91 Å². The molecule has 0 unspecified atom stereocenters. The lowest BCUT2D eigenvalue weighted by atomic mass is 9.91. The third-order valence-electron chi connectivity index (χ3n) is 4.23. The molecule has 6 N–H and O–H groups in total. The molecule has 0 spiro atoms. The number of methoxy groups -OCH3 is 1. The van der Waals surface area contributed by atoms with Gasteiger partial charge in [0.2, 0.25) is 0 Å². The summed E-state index contributed by atoms with van der Waals surface area (Å²) in [5, 5.41) is 6.27. The van der Waals surface area contributed by atoms with Crippen molar-refractivity contribution in [1.82, 2.24) is 19.9 Å². The van der Waals surface area contributed by atoms with E-state index in [9.17, 15) is 4.79 Å². The number of carbonyl (C=O) groups is 1. The molecular weight excluding hydrogens is 336 g/mol. The van der Waals surface area contributed by atoms with Gasteiger partial charge in [0.1, 0.15) is 5.82 Å². The molecule has 26 heavy (non-hydrogen) atoms. The number of primary amides is 1. The Hall–Kier alpha value is -3.01. The van der Waals surface area contributed by atoms with Gasteiger partial charge in [0, 0.05) is 12.1 Å². The number of nitrogens with one attached hydrogen (secondary N) is 2. The molecule has 2 heterocycles. The van der Waals surface area contributed by atoms with Gasteiger partial charge in [-0.15, -0.1) is 0 Å². The average Bonchev–Trinajstić information content (AvgIpc) is 2.64. The van der Waals surface area contributed by atoms with E-state index in [1.54, 1.807) is 0 Å². The molecule has 2 aromatic heterocycles. The van der Waals surface area contributed by atoms with Gasteiger partial charge in [-0.25, -0.2) is 19.9 Å². The quantitative estimate of drug-likeness (QED) is 0.587. The number of aromatic nitrogens is 4. The van der Waals surface area contributed by atoms with E-state index >= 15 is 0 Å². The highest BCUT2D eigenvalue weighted by Gasteiger charge is 2.23. The number of amides is 1. The van der Waals surface area contributed by atoms with Crippen molar-refractivity contribution in [2.75, 3.05) is 17.7 Å². The minimum Gasteiger partial charge on any atom is -0.467 e. The molecule has 2 atom stereocenters. The van der Waals surface area contributed by atoms with E-state index in [0.717, 1.165) is 25.7 Å². The van der Waals surface area contributed by atoms with E-state index in [0.29, 0.717) is 11.5 Å². The maximum atomic E-state index is 11.7. The first-order chi connectivity index (χ1) is 12.6. The van der Waals surface area contributed by atoms with E-state index in [4.69, 9.17) is 16.2 Å². The highest BCUT2D eigenvalue weighted by Crippen LogP contribution is 2.23. The van der Waals surface area contributed by atoms with E-state index in [-0.39, 0.29) is 29.6 Å². The maximum absolute atomic E-state index is 11.7. The summed E-state index contributed by atoms with van der Waals surface area (Å²) in [5.74, 6) is 0.0604. The first-order valence-electron chi connectivity index (χ1n) is 8.39. The molecule has 0 radical (unpaired) electrons. The van der Waals surface area contributed by atoms with Gasteiger partial charge in [0.05, 0.1) is 31.4 Å². The van der Waals surface area contributed by atoms with Crippen molar-refractivity contribution >= 4 is 23.2 Å². The fourth-order valence-electron chi connectivity index (χ4n) is 2.88. The summed E-state index contributed by atoms with van der Waals surface area (Å²) in [4.78, 5) is 28.2. The fraction of sp³-hybridized carbons (Fsp3) is 0.438. The normalized spacial score (nSPS) is 19.6. The SMILES string of the molecule is COc1ncc(Nc2nc(N[C@@H]3CCCC[C@@H]3N)cnc2C(N)=O)cn1. The Balaban J connectivity index is 1.82. The molecular formula is C16H22N8O2. The molecule has 2 aromatic rings. The number of hydrogen-bond acceptors (Lipinski definition) is 9. The summed E-state index contributed by atoms with van der Waals surface area (Å²) >= 11 is 0. The van der Waals surface area contributed by atoms with Crippen LogP contribution in [0.2, 0.25) is 0 Å². The Labute approximate surface area is 150 Å². The Morgan fingerprint density at radius 3 is 2.58 bits per heavy atom. The van der Waals surface area contributed by atoms with Crippen molar-refractivity contribution in [1.29, 1.82) is 0 Å². The number of anilines is 3. The van der Waals surface area contributed by atoms with E-state index in [1.165, 1.54) is 25.7 Å². The lowest BCUT2D eigenvalue weighted by Crippen LogP contribution is -2.42. The summed E-state index contributed by atoms with van der Waals surface area (Å²) < 4.78 is 4.92. The van der Waals surface area contributed by atoms with Crippen molar-refractivity contribution in [2.24, 2.45) is 11.5 Å². The summed E-state index contributed by atoms with van der Waals surface area (Å²) in [6, 6.07) is 0.417. The average molecular weight is 358 g/mol. The van der Waals surface area contributed by atoms with Gasteiger partial charge in [0.15, 0.2) is 11.5 Å². The minimum absolute atomic E-state index is 0.0271. The third kappa shape index (κ3) is 4.14. The number of nitrogens with two attached hydrogens (primary N) is 2. The Morgan fingerprint density at radius 1 is 1.19 bits per heavy atom. The molecule has 1 amide bonds. The topological polar surface area (TPSA) is 154 Å². The molecule has 3 rings (SSSR count). The Morgan fingerprint density at radius 2 is 1.92 bits per heavy atom. The largest absolute Gasteiger partial charge is 0.467 e. The van der Waals surface area contributed by atoms with Gasteiger partial charge in [-0.05, 0) is 12.8 Å². The second-order valence-electron chi connectivity index (χ2n) is 6.10. The van der Waals surface area contributed by atoms with E-state index in [2.05, 4.69) is 30.6 Å². The van der Waals surface area contributed by atoms with Gasteiger partial charge in [-0.3, -0.25) is 4.79 Å². The van der Waals surface area contributed by atoms with Crippen LogP contribution in [-0.2, 0) is 0 Å². The molecule has 10 nitrogen and oxygen atoms in total. The van der Waals surface area contributed by atoms with Gasteiger partial charge in [-0.1, -0.05) is 12.8 Å². The highest BCUT2D eigenvalue weighted by molar-refractivity contribution is 5.96. The van der Waals surface area contributed by atoms with Crippen molar-refractivity contribution in [3.8, 4) is 6.01 Å². The summed E-state index contributed by atoms with van der Waals surface area (Å²) in [6.07, 6.45) is 8.69. The molecule has 1 saturated carbocycles. The summed E-state index contributed by atoms with van der Waals surface area (Å²) in [7, 11) is 1.48. The fourth-order valence-corrected chi connectivity index (χ4v) is 2.88. The first kappa shape index (κ1) is 17.8. The molecule has 0 bridgehead atoms. The van der Waals surface area contributed by atoms with Crippen molar-refractivity contribution in [2.45, 2.75) is 37.8 Å². The molecule has 10 heteroatoms. The number of carbonyl (C=O) groups excluding carboxylic acids is 1. The summed E-state index contributed by atoms with van der Waals surface area (Å²) in [6.45, 7) is 0. The second-order valence-corrected chi connectivity index (χ2v) is 6.10. The molecule has 1 fully saturated rings. The lowest BCUT2D eigenvalue weighted by molar-refractivity contribution is 0.0996. The highest BCUT2D eigenvalue weighted by atomic mass is 16.5. The summed E-state index contributed by atoms with van der Waals surface area (Å²) in [5.41, 5.74) is 12.1. The van der Waals surface area contributed by atoms with Crippen LogP contribution in [-0.4, -0.2) is 45.0 Å². The van der Waals surface area contributed by atoms with Gasteiger partial charge >= 0.3 is 6.01 Å². The maximum Gasteiger partial charge on any atom is 0.316 e. The number of nitrogens with zero attached hydrogens (tertiary/aromatic N) is 4. The van der Waals surface area contributed by atoms with Crippen LogP contribution in [0.5, 0.6) is 6.01 Å². The predicted molar refractivity (Wildman–Crippen MR) is 96.3 cm³/mol. The lowest BCUT2D eigenvalue weighted by Gasteiger charge is -2.29. The zero-order valence-electron chi connectivity index (χ0n) is 14.5. The van der Waals surface area contributed by atoms with Gasteiger partial charge < -0.3 is 26.8 Å². The van der Waals surface area contributed by atoms with Crippen LogP contribution in [0.3, 0.4) is 0 Å². The van der Waals surface area contributed by atoms with E-state index < -0.39 is 5.91 Å². The first-order valence-corrected chi connectivity index (χ1v) is 8.39. The molecule has 138 valence electrons. The zero-order valence-corrected chi connectivity index (χ0v) is 14.5. The smallest absolute Gasteiger partial charge is 0.316 e.